The summed E-state index contributed by atoms with van der Waals surface area (Å²) in [5.41, 5.74) is 1.34. The highest BCUT2D eigenvalue weighted by Gasteiger charge is 2.56. The summed E-state index contributed by atoms with van der Waals surface area (Å²) in [7, 11) is 2.25. The number of benzene rings is 1. The van der Waals surface area contributed by atoms with E-state index in [1.54, 1.807) is 0 Å². The molecule has 4 rings (SSSR count). The number of hydrogen-bond acceptors (Lipinski definition) is 3. The summed E-state index contributed by atoms with van der Waals surface area (Å²) in [6.07, 6.45) is 4.92. The van der Waals surface area contributed by atoms with Crippen LogP contribution < -0.4 is 4.90 Å². The van der Waals surface area contributed by atoms with Gasteiger partial charge in [0.2, 0.25) is 0 Å². The molecular formula is C18H24N2O2+. The highest BCUT2D eigenvalue weighted by atomic mass is 16.4. The number of hydrogen-bond donors (Lipinski definition) is 1. The van der Waals surface area contributed by atoms with Crippen LogP contribution in [0.1, 0.15) is 38.2 Å². The van der Waals surface area contributed by atoms with Crippen LogP contribution in [-0.2, 0) is 10.2 Å². The summed E-state index contributed by atoms with van der Waals surface area (Å²) in [5, 5.41) is 9.76. The van der Waals surface area contributed by atoms with Gasteiger partial charge in [0.05, 0.1) is 0 Å². The molecule has 0 aliphatic carbocycles. The molecule has 1 N–H and O–H groups in total. The Labute approximate surface area is 131 Å². The molecule has 1 radical (unpaired) electrons. The van der Waals surface area contributed by atoms with E-state index < -0.39 is 11.4 Å². The third kappa shape index (κ3) is 1.87. The predicted octanol–water partition coefficient (Wildman–Crippen LogP) is 2.44. The molecule has 1 aromatic carbocycles. The van der Waals surface area contributed by atoms with Crippen molar-refractivity contribution in [3.05, 3.63) is 29.8 Å². The molecule has 2 fully saturated rings. The van der Waals surface area contributed by atoms with Gasteiger partial charge in [0.15, 0.2) is 5.69 Å². The molecule has 4 nitrogen and oxygen atoms in total. The molecule has 22 heavy (non-hydrogen) atoms. The summed E-state index contributed by atoms with van der Waals surface area (Å²) in [6, 6.07) is 9.91. The van der Waals surface area contributed by atoms with Crippen LogP contribution >= 0.6 is 0 Å². The fraction of sp³-hybridized carbons (Fsp3) is 0.611. The normalized spacial score (nSPS) is 38.2. The molecule has 0 spiro atoms. The first kappa shape index (κ1) is 14.2. The summed E-state index contributed by atoms with van der Waals surface area (Å²) < 4.78 is 0. The fourth-order valence-corrected chi connectivity index (χ4v) is 4.85. The Balaban J connectivity index is 1.68. The van der Waals surface area contributed by atoms with E-state index in [4.69, 9.17) is 0 Å². The second-order valence-electron chi connectivity index (χ2n) is 7.46. The van der Waals surface area contributed by atoms with Crippen LogP contribution in [0.2, 0.25) is 0 Å². The number of nitrogens with zero attached hydrogens (tertiary/aromatic N) is 2. The number of rotatable bonds is 2. The molecule has 0 amide bonds. The van der Waals surface area contributed by atoms with Gasteiger partial charge < -0.3 is 5.11 Å². The summed E-state index contributed by atoms with van der Waals surface area (Å²) in [5.74, 6) is -0.710. The molecule has 0 aromatic heterocycles. The molecule has 4 heteroatoms. The monoisotopic (exact) mass is 300 g/mol. The molecular weight excluding hydrogens is 276 g/mol. The highest BCUT2D eigenvalue weighted by molar-refractivity contribution is 5.85. The van der Waals surface area contributed by atoms with Crippen LogP contribution in [0.4, 0.5) is 5.69 Å². The van der Waals surface area contributed by atoms with Crippen LogP contribution in [0.5, 0.6) is 0 Å². The van der Waals surface area contributed by atoms with Gasteiger partial charge in [0, 0.05) is 36.6 Å². The molecule has 3 unspecified atom stereocenters. The van der Waals surface area contributed by atoms with Crippen molar-refractivity contribution < 1.29 is 9.90 Å². The number of piperidine rings is 1. The minimum atomic E-state index is -0.779. The summed E-state index contributed by atoms with van der Waals surface area (Å²) in [4.78, 5) is 16.8. The lowest BCUT2D eigenvalue weighted by molar-refractivity contribution is -0.142. The number of anilines is 1. The molecule has 3 aliphatic rings. The molecule has 2 saturated heterocycles. The van der Waals surface area contributed by atoms with E-state index in [0.29, 0.717) is 24.7 Å². The largest absolute Gasteiger partial charge is 0.480 e. The number of carbonyl (C=O) groups is 1. The highest BCUT2D eigenvalue weighted by Crippen LogP contribution is 2.45. The van der Waals surface area contributed by atoms with Crippen LogP contribution in [0.25, 0.3) is 0 Å². The fourth-order valence-electron chi connectivity index (χ4n) is 4.85. The second kappa shape index (κ2) is 4.80. The molecule has 3 atom stereocenters. The molecule has 1 aromatic rings. The van der Waals surface area contributed by atoms with E-state index in [1.807, 2.05) is 25.1 Å². The summed E-state index contributed by atoms with van der Waals surface area (Å²) >= 11 is 0. The van der Waals surface area contributed by atoms with Gasteiger partial charge in [-0.2, -0.15) is 0 Å². The summed E-state index contributed by atoms with van der Waals surface area (Å²) in [6.45, 7) is 2.48. The van der Waals surface area contributed by atoms with Gasteiger partial charge in [-0.05, 0) is 26.8 Å². The van der Waals surface area contributed by atoms with Crippen molar-refractivity contribution in [1.82, 2.24) is 9.80 Å². The van der Waals surface area contributed by atoms with Crippen LogP contribution in [0, 0.1) is 0 Å². The van der Waals surface area contributed by atoms with E-state index in [0.717, 1.165) is 24.1 Å². The van der Waals surface area contributed by atoms with Crippen molar-refractivity contribution in [2.24, 2.45) is 0 Å². The first-order chi connectivity index (χ1) is 10.5. The Kier molecular flexibility index (Phi) is 3.10. The lowest BCUT2D eigenvalue weighted by atomic mass is 9.85. The maximum atomic E-state index is 11.9. The third-order valence-electron chi connectivity index (χ3n) is 6.28. The molecule has 3 heterocycles. The van der Waals surface area contributed by atoms with Crippen molar-refractivity contribution in [1.29, 1.82) is 0 Å². The minimum Gasteiger partial charge on any atom is -0.480 e. The first-order valence-electron chi connectivity index (χ1n) is 8.32. The average Bonchev–Trinajstić information content (AvgIpc) is 2.90. The van der Waals surface area contributed by atoms with Crippen molar-refractivity contribution in [2.75, 3.05) is 13.6 Å². The number of aliphatic carboxylic acids is 1. The molecule has 0 saturated carbocycles. The standard InChI is InChI=1S/C18H24N2O2/c1-18(17(21)22)11-20(16-6-4-3-5-15(16)18)14-9-12-7-8-13(10-14)19(12)2/h3-6,12-14H,7-11H2,1-2H3,(H,21,22)/q+1. The van der Waals surface area contributed by atoms with Crippen molar-refractivity contribution in [2.45, 2.75) is 56.1 Å². The average molecular weight is 300 g/mol. The smallest absolute Gasteiger partial charge is 0.320 e. The quantitative estimate of drug-likeness (QED) is 0.853. The molecule has 117 valence electrons. The van der Waals surface area contributed by atoms with E-state index in [-0.39, 0.29) is 0 Å². The number of carboxylic acids is 1. The van der Waals surface area contributed by atoms with E-state index in [1.165, 1.54) is 12.8 Å². The maximum absolute atomic E-state index is 11.9. The topological polar surface area (TPSA) is 46.4 Å². The number of fused-ring (bicyclic) bond motifs is 3. The Morgan fingerprint density at radius 3 is 2.55 bits per heavy atom. The van der Waals surface area contributed by atoms with Gasteiger partial charge in [-0.25, -0.2) is 0 Å². The van der Waals surface area contributed by atoms with Gasteiger partial charge in [0.25, 0.3) is 0 Å². The Morgan fingerprint density at radius 1 is 1.27 bits per heavy atom. The zero-order valence-electron chi connectivity index (χ0n) is 13.3. The van der Waals surface area contributed by atoms with Crippen LogP contribution in [0.3, 0.4) is 0 Å². The third-order valence-corrected chi connectivity index (χ3v) is 6.28. The van der Waals surface area contributed by atoms with Gasteiger partial charge in [0.1, 0.15) is 18.0 Å². The van der Waals surface area contributed by atoms with Gasteiger partial charge in [-0.3, -0.25) is 9.69 Å². The number of para-hydroxylation sites is 1. The molecule has 2 bridgehead atoms. The van der Waals surface area contributed by atoms with Crippen molar-refractivity contribution >= 4 is 11.7 Å². The van der Waals surface area contributed by atoms with Crippen molar-refractivity contribution in [3.63, 3.8) is 0 Å². The zero-order chi connectivity index (χ0) is 15.5. The van der Waals surface area contributed by atoms with Crippen molar-refractivity contribution in [3.8, 4) is 0 Å². The zero-order valence-corrected chi connectivity index (χ0v) is 13.3. The first-order valence-corrected chi connectivity index (χ1v) is 8.32. The number of carboxylic acid groups (broad SMARTS) is 1. The lowest BCUT2D eigenvalue weighted by Crippen LogP contribution is -2.51. The Morgan fingerprint density at radius 2 is 1.91 bits per heavy atom. The van der Waals surface area contributed by atoms with E-state index in [2.05, 4.69) is 22.9 Å². The lowest BCUT2D eigenvalue weighted by Gasteiger charge is -2.35. The Bertz CT molecular complexity index is 603. The minimum absolute atomic E-state index is 0.482. The van der Waals surface area contributed by atoms with Gasteiger partial charge >= 0.3 is 5.97 Å². The van der Waals surface area contributed by atoms with E-state index in [9.17, 15) is 9.90 Å². The van der Waals surface area contributed by atoms with Gasteiger partial charge in [-0.15, -0.1) is 4.90 Å². The van der Waals surface area contributed by atoms with Gasteiger partial charge in [-0.1, -0.05) is 18.2 Å². The van der Waals surface area contributed by atoms with Crippen LogP contribution in [0.15, 0.2) is 24.3 Å². The predicted molar refractivity (Wildman–Crippen MR) is 85.7 cm³/mol. The maximum Gasteiger partial charge on any atom is 0.320 e. The van der Waals surface area contributed by atoms with Crippen LogP contribution in [-0.4, -0.2) is 47.7 Å². The second-order valence-corrected chi connectivity index (χ2v) is 7.46. The Hall–Kier alpha value is -1.39. The van der Waals surface area contributed by atoms with E-state index >= 15 is 0 Å². The molecule has 3 aliphatic heterocycles. The SMILES string of the molecule is CN1C2CCC1CC([N+]1CC(C)(C(=O)O)c3ccccc31)C2.